The number of para-hydroxylation sites is 1. The third kappa shape index (κ3) is 2.23. The van der Waals surface area contributed by atoms with Crippen LogP contribution in [0.3, 0.4) is 0 Å². The Labute approximate surface area is 118 Å². The van der Waals surface area contributed by atoms with Gasteiger partial charge in [-0.3, -0.25) is 0 Å². The Morgan fingerprint density at radius 1 is 1.05 bits per heavy atom. The van der Waals surface area contributed by atoms with Crippen molar-refractivity contribution in [2.75, 3.05) is 0 Å². The number of halogens is 2. The molecular formula is C14H7Cl2NO2. The summed E-state index contributed by atoms with van der Waals surface area (Å²) in [5.41, 5.74) is 0.667. The second kappa shape index (κ2) is 4.68. The summed E-state index contributed by atoms with van der Waals surface area (Å²) in [7, 11) is 0. The van der Waals surface area contributed by atoms with E-state index in [2.05, 4.69) is 4.98 Å². The maximum atomic E-state index is 11.9. The number of hydrogen-bond acceptors (Lipinski definition) is 3. The Morgan fingerprint density at radius 2 is 1.84 bits per heavy atom. The van der Waals surface area contributed by atoms with Crippen molar-refractivity contribution in [2.24, 2.45) is 0 Å². The largest absolute Gasteiger partial charge is 0.403 e. The van der Waals surface area contributed by atoms with E-state index in [1.165, 1.54) is 0 Å². The lowest BCUT2D eigenvalue weighted by Gasteiger charge is -2.03. The van der Waals surface area contributed by atoms with Crippen LogP contribution in [0.5, 0.6) is 0 Å². The molecule has 0 fully saturated rings. The van der Waals surface area contributed by atoms with E-state index in [1.54, 1.807) is 36.4 Å². The average molecular weight is 292 g/mol. The summed E-state index contributed by atoms with van der Waals surface area (Å²) in [5, 5.41) is 1.34. The van der Waals surface area contributed by atoms with Crippen LogP contribution in [0.4, 0.5) is 0 Å². The molecule has 3 aromatic rings. The topological polar surface area (TPSA) is 43.1 Å². The van der Waals surface area contributed by atoms with Gasteiger partial charge in [0.2, 0.25) is 5.89 Å². The molecule has 0 bridgehead atoms. The Balaban J connectivity index is 2.28. The number of aromatic nitrogens is 1. The third-order valence-corrected chi connectivity index (χ3v) is 3.24. The molecule has 0 radical (unpaired) electrons. The number of hydrogen-bond donors (Lipinski definition) is 0. The molecule has 0 amide bonds. The van der Waals surface area contributed by atoms with Crippen LogP contribution < -0.4 is 5.63 Å². The van der Waals surface area contributed by atoms with Crippen LogP contribution >= 0.6 is 23.2 Å². The van der Waals surface area contributed by atoms with Crippen molar-refractivity contribution in [3.63, 3.8) is 0 Å². The smallest absolute Gasteiger partial charge is 0.347 e. The van der Waals surface area contributed by atoms with Gasteiger partial charge in [0.15, 0.2) is 0 Å². The molecule has 0 spiro atoms. The molecule has 0 aliphatic rings. The molecule has 5 heteroatoms. The van der Waals surface area contributed by atoms with Gasteiger partial charge in [0, 0.05) is 5.02 Å². The van der Waals surface area contributed by atoms with E-state index >= 15 is 0 Å². The van der Waals surface area contributed by atoms with E-state index in [-0.39, 0.29) is 5.89 Å². The summed E-state index contributed by atoms with van der Waals surface area (Å²) in [6, 6.07) is 11.9. The lowest BCUT2D eigenvalue weighted by molar-refractivity contribution is 0.518. The maximum absolute atomic E-state index is 11.9. The first-order valence-corrected chi connectivity index (χ1v) is 6.26. The summed E-state index contributed by atoms with van der Waals surface area (Å²) >= 11 is 11.9. The number of nitrogens with zero attached hydrogens (tertiary/aromatic N) is 1. The quantitative estimate of drug-likeness (QED) is 0.676. The number of rotatable bonds is 1. The highest BCUT2D eigenvalue weighted by Gasteiger charge is 2.11. The first kappa shape index (κ1) is 12.2. The second-order valence-electron chi connectivity index (χ2n) is 3.95. The highest BCUT2D eigenvalue weighted by Crippen LogP contribution is 2.29. The Kier molecular flexibility index (Phi) is 3.01. The van der Waals surface area contributed by atoms with Crippen molar-refractivity contribution in [1.29, 1.82) is 0 Å². The number of benzene rings is 2. The molecule has 94 valence electrons. The molecule has 19 heavy (non-hydrogen) atoms. The molecular weight excluding hydrogens is 285 g/mol. The molecule has 0 aliphatic carbocycles. The Morgan fingerprint density at radius 3 is 2.63 bits per heavy atom. The summed E-state index contributed by atoms with van der Waals surface area (Å²) in [6.07, 6.45) is 0. The average Bonchev–Trinajstić information content (AvgIpc) is 2.38. The van der Waals surface area contributed by atoms with E-state index in [9.17, 15) is 4.79 Å². The minimum atomic E-state index is -0.438. The van der Waals surface area contributed by atoms with Gasteiger partial charge in [-0.25, -0.2) is 9.78 Å². The van der Waals surface area contributed by atoms with Crippen LogP contribution in [0.2, 0.25) is 10.0 Å². The normalized spacial score (nSPS) is 10.8. The minimum Gasteiger partial charge on any atom is -0.403 e. The van der Waals surface area contributed by atoms with Crippen LogP contribution in [-0.4, -0.2) is 4.98 Å². The highest BCUT2D eigenvalue weighted by molar-refractivity contribution is 6.36. The zero-order chi connectivity index (χ0) is 13.4. The first-order valence-electron chi connectivity index (χ1n) is 5.50. The lowest BCUT2D eigenvalue weighted by Crippen LogP contribution is -2.02. The van der Waals surface area contributed by atoms with Crippen molar-refractivity contribution < 1.29 is 4.42 Å². The summed E-state index contributed by atoms with van der Waals surface area (Å²) in [4.78, 5) is 16.2. The Bertz CT molecular complexity index is 827. The Hall–Kier alpha value is -1.84. The molecule has 0 aliphatic heterocycles. The first-order chi connectivity index (χ1) is 9.15. The van der Waals surface area contributed by atoms with Crippen LogP contribution in [0, 0.1) is 0 Å². The van der Waals surface area contributed by atoms with Gasteiger partial charge in [-0.1, -0.05) is 35.3 Å². The van der Waals surface area contributed by atoms with E-state index in [1.807, 2.05) is 6.07 Å². The van der Waals surface area contributed by atoms with Crippen molar-refractivity contribution >= 4 is 34.1 Å². The molecule has 2 aromatic carbocycles. The SMILES string of the molecule is O=c1oc(-c2ccc(Cl)cc2Cl)nc2ccccc12. The van der Waals surface area contributed by atoms with Crippen molar-refractivity contribution in [1.82, 2.24) is 4.98 Å². The van der Waals surface area contributed by atoms with Crippen LogP contribution in [0.1, 0.15) is 0 Å². The molecule has 0 saturated carbocycles. The van der Waals surface area contributed by atoms with E-state index < -0.39 is 5.63 Å². The van der Waals surface area contributed by atoms with E-state index in [0.29, 0.717) is 26.5 Å². The monoisotopic (exact) mass is 291 g/mol. The van der Waals surface area contributed by atoms with Crippen LogP contribution in [-0.2, 0) is 0 Å². The van der Waals surface area contributed by atoms with Crippen molar-refractivity contribution in [3.05, 3.63) is 62.9 Å². The van der Waals surface area contributed by atoms with Gasteiger partial charge in [0.25, 0.3) is 0 Å². The van der Waals surface area contributed by atoms with Crippen molar-refractivity contribution in [3.8, 4) is 11.5 Å². The number of fused-ring (bicyclic) bond motifs is 1. The minimum absolute atomic E-state index is 0.186. The van der Waals surface area contributed by atoms with Crippen molar-refractivity contribution in [2.45, 2.75) is 0 Å². The fourth-order valence-corrected chi connectivity index (χ4v) is 2.29. The molecule has 3 nitrogen and oxygen atoms in total. The predicted molar refractivity (Wildman–Crippen MR) is 75.7 cm³/mol. The zero-order valence-corrected chi connectivity index (χ0v) is 11.1. The summed E-state index contributed by atoms with van der Waals surface area (Å²) < 4.78 is 5.20. The molecule has 0 atom stereocenters. The summed E-state index contributed by atoms with van der Waals surface area (Å²) in [6.45, 7) is 0. The molecule has 0 unspecified atom stereocenters. The van der Waals surface area contributed by atoms with E-state index in [0.717, 1.165) is 0 Å². The van der Waals surface area contributed by atoms with Crippen LogP contribution in [0.15, 0.2) is 51.7 Å². The van der Waals surface area contributed by atoms with E-state index in [4.69, 9.17) is 27.6 Å². The van der Waals surface area contributed by atoms with Gasteiger partial charge >= 0.3 is 5.63 Å². The maximum Gasteiger partial charge on any atom is 0.347 e. The third-order valence-electron chi connectivity index (χ3n) is 2.70. The van der Waals surface area contributed by atoms with Gasteiger partial charge in [-0.15, -0.1) is 0 Å². The molecule has 1 aromatic heterocycles. The molecule has 3 rings (SSSR count). The van der Waals surface area contributed by atoms with Gasteiger partial charge in [0.05, 0.1) is 21.5 Å². The summed E-state index contributed by atoms with van der Waals surface area (Å²) in [5.74, 6) is 0.186. The van der Waals surface area contributed by atoms with Gasteiger partial charge < -0.3 is 4.42 Å². The molecule has 0 N–H and O–H groups in total. The predicted octanol–water partition coefficient (Wildman–Crippen LogP) is 4.16. The molecule has 0 saturated heterocycles. The van der Waals surface area contributed by atoms with Gasteiger partial charge in [0.1, 0.15) is 0 Å². The highest BCUT2D eigenvalue weighted by atomic mass is 35.5. The zero-order valence-electron chi connectivity index (χ0n) is 9.56. The van der Waals surface area contributed by atoms with Crippen LogP contribution in [0.25, 0.3) is 22.4 Å². The van der Waals surface area contributed by atoms with Gasteiger partial charge in [-0.05, 0) is 30.3 Å². The fraction of sp³-hybridized carbons (Fsp3) is 0. The molecule has 1 heterocycles. The van der Waals surface area contributed by atoms with Gasteiger partial charge in [-0.2, -0.15) is 0 Å². The lowest BCUT2D eigenvalue weighted by atomic mass is 10.2. The standard InChI is InChI=1S/C14H7Cl2NO2/c15-8-5-6-9(11(16)7-8)13-17-12-4-2-1-3-10(12)14(18)19-13/h1-7H. The fourth-order valence-electron chi connectivity index (χ4n) is 1.80. The second-order valence-corrected chi connectivity index (χ2v) is 4.79.